The quantitative estimate of drug-likeness (QED) is 0.293. The Hall–Kier alpha value is -2.86. The molecule has 0 fully saturated rings. The van der Waals surface area contributed by atoms with Gasteiger partial charge < -0.3 is 14.3 Å². The monoisotopic (exact) mass is 461 g/mol. The number of furan rings is 1. The van der Waals surface area contributed by atoms with Gasteiger partial charge in [-0.3, -0.25) is 4.90 Å². The molecule has 1 N–H and O–H groups in total. The fourth-order valence-electron chi connectivity index (χ4n) is 3.96. The van der Waals surface area contributed by atoms with Crippen molar-refractivity contribution in [2.75, 3.05) is 13.2 Å². The lowest BCUT2D eigenvalue weighted by atomic mass is 9.78. The normalized spacial score (nSPS) is 12.7. The van der Waals surface area contributed by atoms with Gasteiger partial charge in [-0.2, -0.15) is 0 Å². The zero-order valence-electron chi connectivity index (χ0n) is 19.2. The molecule has 2 heterocycles. The summed E-state index contributed by atoms with van der Waals surface area (Å²) in [5.41, 5.74) is 2.41. The van der Waals surface area contributed by atoms with Gasteiger partial charge in [0.15, 0.2) is 0 Å². The molecular formula is C28H31NO3S. The van der Waals surface area contributed by atoms with E-state index in [1.54, 1.807) is 17.6 Å². The Morgan fingerprint density at radius 1 is 0.909 bits per heavy atom. The number of rotatable bonds is 11. The van der Waals surface area contributed by atoms with Crippen LogP contribution in [0.15, 0.2) is 94.9 Å². The molecule has 0 saturated heterocycles. The first-order valence-corrected chi connectivity index (χ1v) is 12.1. The lowest BCUT2D eigenvalue weighted by Gasteiger charge is -2.26. The van der Waals surface area contributed by atoms with Gasteiger partial charge in [-0.25, -0.2) is 0 Å². The number of ether oxygens (including phenoxy) is 1. The van der Waals surface area contributed by atoms with Gasteiger partial charge in [0, 0.05) is 23.4 Å². The molecular weight excluding hydrogens is 430 g/mol. The Morgan fingerprint density at radius 2 is 1.67 bits per heavy atom. The third-order valence-electron chi connectivity index (χ3n) is 5.90. The van der Waals surface area contributed by atoms with Gasteiger partial charge in [0.05, 0.1) is 12.8 Å². The molecule has 0 bridgehead atoms. The average Bonchev–Trinajstić information content (AvgIpc) is 3.53. The summed E-state index contributed by atoms with van der Waals surface area (Å²) in [6, 6.07) is 26.7. The third kappa shape index (κ3) is 6.35. The zero-order valence-corrected chi connectivity index (χ0v) is 20.0. The fourth-order valence-corrected chi connectivity index (χ4v) is 4.71. The van der Waals surface area contributed by atoms with Crippen molar-refractivity contribution in [1.29, 1.82) is 0 Å². The second-order valence-corrected chi connectivity index (χ2v) is 9.84. The number of aliphatic hydroxyl groups excluding tert-OH is 1. The molecule has 2 aromatic carbocycles. The Morgan fingerprint density at radius 3 is 2.33 bits per heavy atom. The van der Waals surface area contributed by atoms with Gasteiger partial charge in [-0.1, -0.05) is 62.4 Å². The van der Waals surface area contributed by atoms with Gasteiger partial charge in [-0.05, 0) is 46.8 Å². The standard InChI is InChI=1S/C28H31NO3S/c1-28(2,22-8-4-3-5-9-22)23-12-14-25(15-13-23)32-21-24(30)18-29(19-26-10-6-16-31-26)20-27-11-7-17-33-27/h3-17,24,30H,18-21H2,1-2H3/t24-/m0/s1. The van der Waals surface area contributed by atoms with E-state index < -0.39 is 6.10 Å². The molecule has 4 nitrogen and oxygen atoms in total. The first kappa shape index (κ1) is 23.3. The minimum atomic E-state index is -0.611. The minimum Gasteiger partial charge on any atom is -0.491 e. The van der Waals surface area contributed by atoms with E-state index in [0.29, 0.717) is 13.1 Å². The number of nitrogens with zero attached hydrogens (tertiary/aromatic N) is 1. The molecule has 0 unspecified atom stereocenters. The van der Waals surface area contributed by atoms with Crippen LogP contribution in [-0.2, 0) is 18.5 Å². The van der Waals surface area contributed by atoms with Crippen LogP contribution < -0.4 is 4.74 Å². The van der Waals surface area contributed by atoms with Crippen LogP contribution in [0.2, 0.25) is 0 Å². The highest BCUT2D eigenvalue weighted by Gasteiger charge is 2.22. The maximum Gasteiger partial charge on any atom is 0.119 e. The molecule has 1 atom stereocenters. The SMILES string of the molecule is CC(C)(c1ccccc1)c1ccc(OC[C@@H](O)CN(Cc2ccco2)Cc2cccs2)cc1. The predicted molar refractivity (Wildman–Crippen MR) is 134 cm³/mol. The summed E-state index contributed by atoms with van der Waals surface area (Å²) in [5, 5.41) is 12.7. The minimum absolute atomic E-state index is 0.0898. The lowest BCUT2D eigenvalue weighted by Crippen LogP contribution is -2.34. The first-order chi connectivity index (χ1) is 16.0. The van der Waals surface area contributed by atoms with Gasteiger partial charge in [0.25, 0.3) is 0 Å². The Labute approximate surface area is 200 Å². The van der Waals surface area contributed by atoms with Crippen LogP contribution >= 0.6 is 11.3 Å². The fraction of sp³-hybridized carbons (Fsp3) is 0.286. The Balaban J connectivity index is 1.33. The molecule has 0 aliphatic carbocycles. The molecule has 4 rings (SSSR count). The maximum atomic E-state index is 10.7. The summed E-state index contributed by atoms with van der Waals surface area (Å²) in [7, 11) is 0. The van der Waals surface area contributed by atoms with Gasteiger partial charge in [-0.15, -0.1) is 11.3 Å². The third-order valence-corrected chi connectivity index (χ3v) is 6.76. The van der Waals surface area contributed by atoms with Crippen LogP contribution in [-0.4, -0.2) is 29.3 Å². The number of hydrogen-bond acceptors (Lipinski definition) is 5. The van der Waals surface area contributed by atoms with E-state index in [-0.39, 0.29) is 12.0 Å². The summed E-state index contributed by atoms with van der Waals surface area (Å²) >= 11 is 1.72. The molecule has 0 saturated carbocycles. The van der Waals surface area contributed by atoms with Gasteiger partial charge in [0.1, 0.15) is 24.2 Å². The van der Waals surface area contributed by atoms with Crippen molar-refractivity contribution in [1.82, 2.24) is 4.90 Å². The molecule has 33 heavy (non-hydrogen) atoms. The molecule has 0 radical (unpaired) electrons. The molecule has 0 spiro atoms. The van der Waals surface area contributed by atoms with Crippen LogP contribution in [0.1, 0.15) is 35.6 Å². The number of hydrogen-bond donors (Lipinski definition) is 1. The van der Waals surface area contributed by atoms with E-state index >= 15 is 0 Å². The number of thiophene rings is 1. The smallest absolute Gasteiger partial charge is 0.119 e. The highest BCUT2D eigenvalue weighted by atomic mass is 32.1. The van der Waals surface area contributed by atoms with E-state index in [2.05, 4.69) is 66.6 Å². The van der Waals surface area contributed by atoms with Crippen molar-refractivity contribution in [3.8, 4) is 5.75 Å². The lowest BCUT2D eigenvalue weighted by molar-refractivity contribution is 0.0608. The highest BCUT2D eigenvalue weighted by molar-refractivity contribution is 7.09. The Kier molecular flexibility index (Phi) is 7.65. The van der Waals surface area contributed by atoms with Crippen molar-refractivity contribution in [2.24, 2.45) is 0 Å². The number of benzene rings is 2. The zero-order chi connectivity index (χ0) is 23.1. The van der Waals surface area contributed by atoms with Crippen molar-refractivity contribution in [3.63, 3.8) is 0 Å². The molecule has 0 aliphatic heterocycles. The largest absolute Gasteiger partial charge is 0.491 e. The molecule has 4 aromatic rings. The molecule has 0 aliphatic rings. The highest BCUT2D eigenvalue weighted by Crippen LogP contribution is 2.32. The summed E-state index contributed by atoms with van der Waals surface area (Å²) in [6.07, 6.45) is 1.07. The number of aliphatic hydroxyl groups is 1. The van der Waals surface area contributed by atoms with Crippen molar-refractivity contribution in [3.05, 3.63) is 112 Å². The van der Waals surface area contributed by atoms with Crippen molar-refractivity contribution >= 4 is 11.3 Å². The van der Waals surface area contributed by atoms with Crippen LogP contribution in [0.5, 0.6) is 5.75 Å². The maximum absolute atomic E-state index is 10.7. The van der Waals surface area contributed by atoms with Gasteiger partial charge >= 0.3 is 0 Å². The molecule has 172 valence electrons. The van der Waals surface area contributed by atoms with Crippen molar-refractivity contribution in [2.45, 2.75) is 38.5 Å². The molecule has 0 amide bonds. The summed E-state index contributed by atoms with van der Waals surface area (Å²) < 4.78 is 11.4. The van der Waals surface area contributed by atoms with Gasteiger partial charge in [0.2, 0.25) is 0 Å². The van der Waals surface area contributed by atoms with E-state index in [0.717, 1.165) is 18.1 Å². The van der Waals surface area contributed by atoms with Crippen LogP contribution in [0.25, 0.3) is 0 Å². The Bertz CT molecular complexity index is 1040. The second-order valence-electron chi connectivity index (χ2n) is 8.81. The summed E-state index contributed by atoms with van der Waals surface area (Å²) in [6.45, 7) is 6.59. The predicted octanol–water partition coefficient (Wildman–Crippen LogP) is 6.11. The first-order valence-electron chi connectivity index (χ1n) is 11.2. The average molecular weight is 462 g/mol. The van der Waals surface area contributed by atoms with E-state index in [1.165, 1.54) is 16.0 Å². The van der Waals surface area contributed by atoms with E-state index in [4.69, 9.17) is 9.15 Å². The van der Waals surface area contributed by atoms with E-state index in [9.17, 15) is 5.11 Å². The topological polar surface area (TPSA) is 45.8 Å². The van der Waals surface area contributed by atoms with Crippen LogP contribution in [0.3, 0.4) is 0 Å². The van der Waals surface area contributed by atoms with Crippen LogP contribution in [0, 0.1) is 0 Å². The summed E-state index contributed by atoms with van der Waals surface area (Å²) in [5.74, 6) is 1.65. The van der Waals surface area contributed by atoms with E-state index in [1.807, 2.05) is 36.4 Å². The molecule has 5 heteroatoms. The van der Waals surface area contributed by atoms with Crippen LogP contribution in [0.4, 0.5) is 0 Å². The summed E-state index contributed by atoms with van der Waals surface area (Å²) in [4.78, 5) is 3.44. The molecule has 2 aromatic heterocycles. The second kappa shape index (κ2) is 10.8. The van der Waals surface area contributed by atoms with Crippen molar-refractivity contribution < 1.29 is 14.3 Å².